The molecule has 0 bridgehead atoms. The van der Waals surface area contributed by atoms with E-state index in [1.54, 1.807) is 17.7 Å². The van der Waals surface area contributed by atoms with Crippen molar-refractivity contribution >= 4 is 27.4 Å². The van der Waals surface area contributed by atoms with Gasteiger partial charge in [0.05, 0.1) is 11.0 Å². The van der Waals surface area contributed by atoms with E-state index in [1.807, 2.05) is 0 Å². The molecular formula is C15H19N3OS. The maximum absolute atomic E-state index is 10.8. The molecule has 20 heavy (non-hydrogen) atoms. The standard InChI is InChI=1S/C15H19N3OS/c19-15-5-2-1-3-11(15)9-18(7-6-15)13-12-4-8-20-14(12)17-10-16-13/h4,8,10-11,19H,1-3,5-7,9H2. The van der Waals surface area contributed by atoms with E-state index in [0.717, 1.165) is 48.4 Å². The van der Waals surface area contributed by atoms with Crippen molar-refractivity contribution in [1.29, 1.82) is 0 Å². The van der Waals surface area contributed by atoms with Crippen molar-refractivity contribution in [1.82, 2.24) is 9.97 Å². The molecule has 2 aromatic rings. The van der Waals surface area contributed by atoms with E-state index < -0.39 is 5.60 Å². The van der Waals surface area contributed by atoms with Gasteiger partial charge in [-0.15, -0.1) is 11.3 Å². The Morgan fingerprint density at radius 2 is 2.25 bits per heavy atom. The van der Waals surface area contributed by atoms with Crippen LogP contribution < -0.4 is 4.90 Å². The van der Waals surface area contributed by atoms with Crippen LogP contribution in [0.4, 0.5) is 5.82 Å². The summed E-state index contributed by atoms with van der Waals surface area (Å²) in [4.78, 5) is 12.2. The van der Waals surface area contributed by atoms with Crippen LogP contribution in [-0.4, -0.2) is 33.8 Å². The number of hydrogen-bond donors (Lipinski definition) is 1. The molecular weight excluding hydrogens is 270 g/mol. The largest absolute Gasteiger partial charge is 0.389 e. The van der Waals surface area contributed by atoms with Gasteiger partial charge in [-0.3, -0.25) is 0 Å². The molecule has 0 radical (unpaired) electrons. The minimum Gasteiger partial charge on any atom is -0.389 e. The molecule has 3 heterocycles. The summed E-state index contributed by atoms with van der Waals surface area (Å²) >= 11 is 1.66. The summed E-state index contributed by atoms with van der Waals surface area (Å²) in [5.74, 6) is 1.44. The van der Waals surface area contributed by atoms with Crippen molar-refractivity contribution in [2.75, 3.05) is 18.0 Å². The fourth-order valence-electron chi connectivity index (χ4n) is 3.79. The van der Waals surface area contributed by atoms with Crippen LogP contribution in [-0.2, 0) is 0 Å². The maximum Gasteiger partial charge on any atom is 0.140 e. The number of aliphatic hydroxyl groups is 1. The topological polar surface area (TPSA) is 49.2 Å². The van der Waals surface area contributed by atoms with Crippen LogP contribution in [0.25, 0.3) is 10.2 Å². The molecule has 0 amide bonds. The Hall–Kier alpha value is -1.20. The zero-order valence-electron chi connectivity index (χ0n) is 11.5. The summed E-state index contributed by atoms with van der Waals surface area (Å²) in [5, 5.41) is 14.0. The summed E-state index contributed by atoms with van der Waals surface area (Å²) < 4.78 is 0. The molecule has 2 fully saturated rings. The van der Waals surface area contributed by atoms with Crippen molar-refractivity contribution in [3.05, 3.63) is 17.8 Å². The highest BCUT2D eigenvalue weighted by molar-refractivity contribution is 7.16. The third-order valence-corrected chi connectivity index (χ3v) is 5.79. The van der Waals surface area contributed by atoms with Gasteiger partial charge in [-0.1, -0.05) is 12.8 Å². The van der Waals surface area contributed by atoms with E-state index in [9.17, 15) is 5.11 Å². The first-order valence-corrected chi connectivity index (χ1v) is 8.30. The van der Waals surface area contributed by atoms with Crippen LogP contribution in [0.2, 0.25) is 0 Å². The molecule has 4 rings (SSSR count). The number of nitrogens with zero attached hydrogens (tertiary/aromatic N) is 3. The van der Waals surface area contributed by atoms with Crippen LogP contribution >= 0.6 is 11.3 Å². The first-order valence-electron chi connectivity index (χ1n) is 7.42. The Morgan fingerprint density at radius 1 is 1.30 bits per heavy atom. The van der Waals surface area contributed by atoms with Gasteiger partial charge in [0.15, 0.2) is 0 Å². The van der Waals surface area contributed by atoms with Gasteiger partial charge in [-0.2, -0.15) is 0 Å². The van der Waals surface area contributed by atoms with Gasteiger partial charge in [-0.25, -0.2) is 9.97 Å². The molecule has 1 aliphatic heterocycles. The molecule has 2 unspecified atom stereocenters. The highest BCUT2D eigenvalue weighted by Crippen LogP contribution is 2.41. The zero-order valence-corrected chi connectivity index (χ0v) is 12.3. The van der Waals surface area contributed by atoms with Crippen LogP contribution in [0.3, 0.4) is 0 Å². The molecule has 2 aromatic heterocycles. The van der Waals surface area contributed by atoms with Crippen molar-refractivity contribution in [2.24, 2.45) is 5.92 Å². The van der Waals surface area contributed by atoms with Crippen LogP contribution in [0.5, 0.6) is 0 Å². The van der Waals surface area contributed by atoms with Gasteiger partial charge in [-0.05, 0) is 30.7 Å². The molecule has 106 valence electrons. The Bertz CT molecular complexity index is 628. The Labute approximate surface area is 122 Å². The van der Waals surface area contributed by atoms with E-state index in [0.29, 0.717) is 5.92 Å². The highest BCUT2D eigenvalue weighted by atomic mass is 32.1. The van der Waals surface area contributed by atoms with Crippen molar-refractivity contribution in [3.8, 4) is 0 Å². The number of rotatable bonds is 1. The normalized spacial score (nSPS) is 30.4. The van der Waals surface area contributed by atoms with Crippen LogP contribution in [0.1, 0.15) is 32.1 Å². The molecule has 1 N–H and O–H groups in total. The number of thiophene rings is 1. The summed E-state index contributed by atoms with van der Waals surface area (Å²) in [6.07, 6.45) is 7.07. The predicted molar refractivity (Wildman–Crippen MR) is 81.2 cm³/mol. The fourth-order valence-corrected chi connectivity index (χ4v) is 4.52. The number of fused-ring (bicyclic) bond motifs is 2. The SMILES string of the molecule is OC12CCCCC1CN(c1ncnc3sccc13)CC2. The lowest BCUT2D eigenvalue weighted by Crippen LogP contribution is -2.53. The van der Waals surface area contributed by atoms with Gasteiger partial charge in [0, 0.05) is 19.0 Å². The Kier molecular flexibility index (Phi) is 2.93. The maximum atomic E-state index is 10.8. The van der Waals surface area contributed by atoms with E-state index in [4.69, 9.17) is 0 Å². The molecule has 0 spiro atoms. The van der Waals surface area contributed by atoms with Gasteiger partial charge in [0.1, 0.15) is 17.0 Å². The third-order valence-electron chi connectivity index (χ3n) is 4.97. The lowest BCUT2D eigenvalue weighted by Gasteiger charge is -2.47. The highest BCUT2D eigenvalue weighted by Gasteiger charge is 2.43. The van der Waals surface area contributed by atoms with Gasteiger partial charge < -0.3 is 10.0 Å². The summed E-state index contributed by atoms with van der Waals surface area (Å²) in [6, 6.07) is 2.11. The number of anilines is 1. The smallest absolute Gasteiger partial charge is 0.140 e. The predicted octanol–water partition coefficient (Wildman–Crippen LogP) is 2.82. The average Bonchev–Trinajstić information content (AvgIpc) is 2.94. The minimum atomic E-state index is -0.421. The Morgan fingerprint density at radius 3 is 3.20 bits per heavy atom. The second-order valence-corrected chi connectivity index (χ2v) is 6.97. The van der Waals surface area contributed by atoms with Crippen LogP contribution in [0, 0.1) is 5.92 Å². The summed E-state index contributed by atoms with van der Waals surface area (Å²) in [6.45, 7) is 1.83. The molecule has 1 saturated heterocycles. The fraction of sp³-hybridized carbons (Fsp3) is 0.600. The molecule has 2 aliphatic rings. The first kappa shape index (κ1) is 12.5. The zero-order chi connectivity index (χ0) is 13.6. The van der Waals surface area contributed by atoms with Crippen molar-refractivity contribution in [3.63, 3.8) is 0 Å². The monoisotopic (exact) mass is 289 g/mol. The second-order valence-electron chi connectivity index (χ2n) is 6.08. The molecule has 4 nitrogen and oxygen atoms in total. The van der Waals surface area contributed by atoms with E-state index in [1.165, 1.54) is 12.8 Å². The van der Waals surface area contributed by atoms with E-state index >= 15 is 0 Å². The average molecular weight is 289 g/mol. The summed E-state index contributed by atoms with van der Waals surface area (Å²) in [7, 11) is 0. The molecule has 2 atom stereocenters. The van der Waals surface area contributed by atoms with Crippen molar-refractivity contribution in [2.45, 2.75) is 37.7 Å². The van der Waals surface area contributed by atoms with Gasteiger partial charge in [0.25, 0.3) is 0 Å². The molecule has 1 saturated carbocycles. The van der Waals surface area contributed by atoms with E-state index in [-0.39, 0.29) is 0 Å². The van der Waals surface area contributed by atoms with E-state index in [2.05, 4.69) is 26.3 Å². The van der Waals surface area contributed by atoms with Gasteiger partial charge >= 0.3 is 0 Å². The van der Waals surface area contributed by atoms with Crippen LogP contribution in [0.15, 0.2) is 17.8 Å². The molecule has 0 aromatic carbocycles. The number of hydrogen-bond acceptors (Lipinski definition) is 5. The summed E-state index contributed by atoms with van der Waals surface area (Å²) in [5.41, 5.74) is -0.421. The first-order chi connectivity index (χ1) is 9.76. The number of aromatic nitrogens is 2. The minimum absolute atomic E-state index is 0.397. The number of piperidine rings is 1. The van der Waals surface area contributed by atoms with Crippen molar-refractivity contribution < 1.29 is 5.11 Å². The lowest BCUT2D eigenvalue weighted by molar-refractivity contribution is -0.0613. The third kappa shape index (κ3) is 1.91. The lowest BCUT2D eigenvalue weighted by atomic mass is 9.71. The molecule has 5 heteroatoms. The second kappa shape index (κ2) is 4.67. The van der Waals surface area contributed by atoms with Gasteiger partial charge in [0.2, 0.25) is 0 Å². The molecule has 1 aliphatic carbocycles. The Balaban J connectivity index is 1.65. The quantitative estimate of drug-likeness (QED) is 0.877.